The van der Waals surface area contributed by atoms with E-state index in [1.165, 1.54) is 13.3 Å². The fourth-order valence-electron chi connectivity index (χ4n) is 2.85. The molecule has 0 aliphatic rings. The molecule has 0 saturated carbocycles. The monoisotopic (exact) mass is 428 g/mol. The molecule has 0 aliphatic carbocycles. The molecule has 2 N–H and O–H groups in total. The van der Waals surface area contributed by atoms with Crippen LogP contribution in [0.4, 0.5) is 0 Å². The summed E-state index contributed by atoms with van der Waals surface area (Å²) in [7, 11) is 1.48. The lowest BCUT2D eigenvalue weighted by atomic mass is 10.1. The maximum Gasteiger partial charge on any atom is 0.347 e. The summed E-state index contributed by atoms with van der Waals surface area (Å²) < 4.78 is 16.5. The molecule has 0 radical (unpaired) electrons. The Morgan fingerprint density at radius 1 is 1.00 bits per heavy atom. The summed E-state index contributed by atoms with van der Waals surface area (Å²) in [5.74, 6) is -0.0824. The van der Waals surface area contributed by atoms with Gasteiger partial charge in [-0.2, -0.15) is 0 Å². The summed E-state index contributed by atoms with van der Waals surface area (Å²) >= 11 is 0. The Balaban J connectivity index is 0.00000320. The molecule has 6 nitrogen and oxygen atoms in total. The van der Waals surface area contributed by atoms with Gasteiger partial charge in [0.2, 0.25) is 5.88 Å². The van der Waals surface area contributed by atoms with E-state index in [4.69, 9.17) is 19.9 Å². The number of nitrogens with zero attached hydrogens (tertiary/aromatic N) is 1. The van der Waals surface area contributed by atoms with E-state index in [0.29, 0.717) is 12.2 Å². The van der Waals surface area contributed by atoms with Gasteiger partial charge in [-0.3, -0.25) is 0 Å². The minimum Gasteiger partial charge on any atom is -0.496 e. The average molecular weight is 429 g/mol. The zero-order valence-electron chi connectivity index (χ0n) is 16.7. The number of carbonyl (C=O) groups excluding carboxylic acids is 1. The van der Waals surface area contributed by atoms with Gasteiger partial charge < -0.3 is 19.9 Å². The van der Waals surface area contributed by atoms with Gasteiger partial charge in [-0.1, -0.05) is 60.7 Å². The van der Waals surface area contributed by atoms with E-state index in [2.05, 4.69) is 4.98 Å². The Morgan fingerprint density at radius 3 is 2.27 bits per heavy atom. The molecule has 3 rings (SSSR count). The second-order valence-electron chi connectivity index (χ2n) is 6.52. The first-order valence-corrected chi connectivity index (χ1v) is 9.33. The van der Waals surface area contributed by atoms with Crippen LogP contribution in [0.15, 0.2) is 72.9 Å². The van der Waals surface area contributed by atoms with E-state index in [9.17, 15) is 4.79 Å². The number of esters is 1. The molecule has 30 heavy (non-hydrogen) atoms. The lowest BCUT2D eigenvalue weighted by Gasteiger charge is -2.16. The van der Waals surface area contributed by atoms with Crippen LogP contribution in [0, 0.1) is 0 Å². The third kappa shape index (κ3) is 6.47. The van der Waals surface area contributed by atoms with Crippen LogP contribution >= 0.6 is 12.4 Å². The van der Waals surface area contributed by atoms with Crippen LogP contribution in [0.1, 0.15) is 21.5 Å². The number of ether oxygens (including phenoxy) is 3. The Labute approximate surface area is 182 Å². The normalized spacial score (nSPS) is 11.1. The largest absolute Gasteiger partial charge is 0.496 e. The van der Waals surface area contributed by atoms with Gasteiger partial charge in [0.25, 0.3) is 0 Å². The fraction of sp³-hybridized carbons (Fsp3) is 0.217. The molecule has 158 valence electrons. The second kappa shape index (κ2) is 11.8. The molecule has 3 aromatic rings. The number of carbonyl (C=O) groups is 1. The van der Waals surface area contributed by atoms with Gasteiger partial charge in [0.15, 0.2) is 5.56 Å². The van der Waals surface area contributed by atoms with Crippen LogP contribution in [0.2, 0.25) is 0 Å². The van der Waals surface area contributed by atoms with Gasteiger partial charge in [0.05, 0.1) is 7.11 Å². The summed E-state index contributed by atoms with van der Waals surface area (Å²) in [4.78, 5) is 16.9. The molecule has 0 unspecified atom stereocenters. The van der Waals surface area contributed by atoms with Crippen molar-refractivity contribution in [3.63, 3.8) is 0 Å². The Bertz CT molecular complexity index is 923. The highest BCUT2D eigenvalue weighted by Gasteiger charge is 2.22. The zero-order chi connectivity index (χ0) is 20.5. The molecule has 0 amide bonds. The minimum absolute atomic E-state index is 0. The SMILES string of the molecule is COc1ccnc(OC[C@H](N)Cc2ccccc2)c1C(=O)OCc1ccccc1.Cl. The van der Waals surface area contributed by atoms with E-state index < -0.39 is 5.97 Å². The molecule has 0 aliphatic heterocycles. The smallest absolute Gasteiger partial charge is 0.347 e. The Morgan fingerprint density at radius 2 is 1.63 bits per heavy atom. The molecule has 1 heterocycles. The third-order valence-corrected chi connectivity index (χ3v) is 4.29. The number of hydrogen-bond donors (Lipinski definition) is 1. The minimum atomic E-state index is -0.564. The standard InChI is InChI=1S/C23H24N2O4.ClH/c1-27-20-12-13-25-22(28-16-19(24)14-17-8-4-2-5-9-17)21(20)23(26)29-15-18-10-6-3-7-11-18;/h2-13,19H,14-16,24H2,1H3;1H/t19-;/m1./s1. The van der Waals surface area contributed by atoms with Crippen molar-refractivity contribution in [1.82, 2.24) is 4.98 Å². The summed E-state index contributed by atoms with van der Waals surface area (Å²) in [6.45, 7) is 0.346. The Kier molecular flexibility index (Phi) is 9.12. The average Bonchev–Trinajstić information content (AvgIpc) is 2.77. The fourth-order valence-corrected chi connectivity index (χ4v) is 2.85. The summed E-state index contributed by atoms with van der Waals surface area (Å²) in [5.41, 5.74) is 8.34. The maximum atomic E-state index is 12.7. The number of hydrogen-bond acceptors (Lipinski definition) is 6. The predicted octanol–water partition coefficient (Wildman–Crippen LogP) is 3.82. The van der Waals surface area contributed by atoms with Crippen molar-refractivity contribution in [3.05, 3.63) is 89.6 Å². The van der Waals surface area contributed by atoms with Gasteiger partial charge >= 0.3 is 5.97 Å². The summed E-state index contributed by atoms with van der Waals surface area (Å²) in [6, 6.07) is 20.7. The van der Waals surface area contributed by atoms with Gasteiger partial charge in [0, 0.05) is 12.2 Å². The number of pyridine rings is 1. The number of rotatable bonds is 9. The van der Waals surface area contributed by atoms with Crippen molar-refractivity contribution in [2.75, 3.05) is 13.7 Å². The van der Waals surface area contributed by atoms with E-state index in [1.54, 1.807) is 6.07 Å². The molecule has 0 spiro atoms. The van der Waals surface area contributed by atoms with Gasteiger partial charge in [0.1, 0.15) is 19.0 Å². The zero-order valence-corrected chi connectivity index (χ0v) is 17.5. The van der Waals surface area contributed by atoms with Crippen molar-refractivity contribution in [1.29, 1.82) is 0 Å². The highest BCUT2D eigenvalue weighted by molar-refractivity contribution is 5.95. The topological polar surface area (TPSA) is 83.7 Å². The molecule has 1 aromatic heterocycles. The maximum absolute atomic E-state index is 12.7. The van der Waals surface area contributed by atoms with Crippen LogP contribution in [0.5, 0.6) is 11.6 Å². The van der Waals surface area contributed by atoms with Gasteiger partial charge in [-0.25, -0.2) is 9.78 Å². The van der Waals surface area contributed by atoms with Gasteiger partial charge in [-0.15, -0.1) is 12.4 Å². The van der Waals surface area contributed by atoms with E-state index in [0.717, 1.165) is 11.1 Å². The van der Waals surface area contributed by atoms with Crippen LogP contribution in [0.25, 0.3) is 0 Å². The Hall–Kier alpha value is -3.09. The summed E-state index contributed by atoms with van der Waals surface area (Å²) in [5, 5.41) is 0. The molecule has 0 bridgehead atoms. The molecule has 2 aromatic carbocycles. The van der Waals surface area contributed by atoms with Gasteiger partial charge in [-0.05, 0) is 23.6 Å². The number of benzene rings is 2. The van der Waals surface area contributed by atoms with Crippen molar-refractivity contribution in [3.8, 4) is 11.6 Å². The first-order chi connectivity index (χ1) is 14.2. The van der Waals surface area contributed by atoms with Crippen LogP contribution in [-0.2, 0) is 17.8 Å². The van der Waals surface area contributed by atoms with Crippen LogP contribution in [0.3, 0.4) is 0 Å². The molecule has 0 fully saturated rings. The van der Waals surface area contributed by atoms with Crippen molar-refractivity contribution in [2.45, 2.75) is 19.1 Å². The third-order valence-electron chi connectivity index (χ3n) is 4.29. The highest BCUT2D eigenvalue weighted by atomic mass is 35.5. The molecular formula is C23H25ClN2O4. The summed E-state index contributed by atoms with van der Waals surface area (Å²) in [6.07, 6.45) is 2.17. The number of methoxy groups -OCH3 is 1. The van der Waals surface area contributed by atoms with Crippen LogP contribution in [-0.4, -0.2) is 30.7 Å². The highest BCUT2D eigenvalue weighted by Crippen LogP contribution is 2.27. The second-order valence-corrected chi connectivity index (χ2v) is 6.52. The van der Waals surface area contributed by atoms with Crippen molar-refractivity contribution >= 4 is 18.4 Å². The van der Waals surface area contributed by atoms with E-state index in [-0.39, 0.29) is 43.1 Å². The number of halogens is 1. The molecule has 1 atom stereocenters. The van der Waals surface area contributed by atoms with E-state index >= 15 is 0 Å². The number of aromatic nitrogens is 1. The predicted molar refractivity (Wildman–Crippen MR) is 117 cm³/mol. The molecule has 0 saturated heterocycles. The van der Waals surface area contributed by atoms with Crippen molar-refractivity contribution < 1.29 is 19.0 Å². The molecular weight excluding hydrogens is 404 g/mol. The van der Waals surface area contributed by atoms with Crippen molar-refractivity contribution in [2.24, 2.45) is 5.73 Å². The van der Waals surface area contributed by atoms with E-state index in [1.807, 2.05) is 60.7 Å². The quantitative estimate of drug-likeness (QED) is 0.521. The van der Waals surface area contributed by atoms with Crippen LogP contribution < -0.4 is 15.2 Å². The molecule has 7 heteroatoms. The lowest BCUT2D eigenvalue weighted by Crippen LogP contribution is -2.30. The first kappa shape index (κ1) is 23.2. The first-order valence-electron chi connectivity index (χ1n) is 9.33. The number of nitrogens with two attached hydrogens (primary N) is 1. The lowest BCUT2D eigenvalue weighted by molar-refractivity contribution is 0.0462.